The Hall–Kier alpha value is -0.0400. The van der Waals surface area contributed by atoms with E-state index in [1.165, 1.54) is 44.9 Å². The van der Waals surface area contributed by atoms with E-state index in [1.54, 1.807) is 0 Å². The van der Waals surface area contributed by atoms with Gasteiger partial charge in [0, 0.05) is 5.54 Å². The molecule has 2 aliphatic carbocycles. The molecule has 2 saturated carbocycles. The van der Waals surface area contributed by atoms with Crippen molar-refractivity contribution in [3.05, 3.63) is 0 Å². The van der Waals surface area contributed by atoms with Crippen molar-refractivity contribution >= 4 is 0 Å². The topological polar surface area (TPSA) is 26.0 Å². The summed E-state index contributed by atoms with van der Waals surface area (Å²) >= 11 is 0. The molecule has 2 aliphatic rings. The molecule has 1 heteroatoms. The molecule has 2 atom stereocenters. The van der Waals surface area contributed by atoms with Crippen LogP contribution in [0.15, 0.2) is 0 Å². The maximum absolute atomic E-state index is 6.43. The first-order chi connectivity index (χ1) is 5.74. The Labute approximate surface area is 75.7 Å². The van der Waals surface area contributed by atoms with E-state index in [0.29, 0.717) is 0 Å². The molecule has 0 aliphatic heterocycles. The summed E-state index contributed by atoms with van der Waals surface area (Å²) in [6.45, 7) is 2.30. The fourth-order valence-corrected chi connectivity index (χ4v) is 2.92. The summed E-state index contributed by atoms with van der Waals surface area (Å²) in [6.07, 6.45) is 9.60. The largest absolute Gasteiger partial charge is 0.325 e. The first kappa shape index (κ1) is 8.55. The van der Waals surface area contributed by atoms with Gasteiger partial charge in [0.2, 0.25) is 0 Å². The van der Waals surface area contributed by atoms with Crippen molar-refractivity contribution in [2.45, 2.75) is 57.4 Å². The highest BCUT2D eigenvalue weighted by molar-refractivity contribution is 5.00. The van der Waals surface area contributed by atoms with E-state index in [4.69, 9.17) is 5.73 Å². The minimum absolute atomic E-state index is 0.263. The predicted molar refractivity (Wildman–Crippen MR) is 51.9 cm³/mol. The Bertz CT molecular complexity index is 162. The lowest BCUT2D eigenvalue weighted by molar-refractivity contribution is 0.166. The zero-order valence-electron chi connectivity index (χ0n) is 8.18. The van der Waals surface area contributed by atoms with Gasteiger partial charge in [0.25, 0.3) is 0 Å². The van der Waals surface area contributed by atoms with Crippen molar-refractivity contribution in [3.63, 3.8) is 0 Å². The standard InChI is InChI=1S/C11H21N/c1-2-9-6-7-11(12,8-9)10-4-3-5-10/h9-10H,2-8,12H2,1H3. The monoisotopic (exact) mass is 167 g/mol. The highest BCUT2D eigenvalue weighted by atomic mass is 14.8. The molecule has 2 unspecified atom stereocenters. The van der Waals surface area contributed by atoms with E-state index in [9.17, 15) is 0 Å². The van der Waals surface area contributed by atoms with Crippen molar-refractivity contribution in [1.82, 2.24) is 0 Å². The third-order valence-electron chi connectivity index (χ3n) is 4.18. The average Bonchev–Trinajstić information content (AvgIpc) is 2.28. The lowest BCUT2D eigenvalue weighted by atomic mass is 9.70. The normalized spacial score (nSPS) is 43.0. The van der Waals surface area contributed by atoms with Gasteiger partial charge in [-0.15, -0.1) is 0 Å². The van der Waals surface area contributed by atoms with E-state index in [-0.39, 0.29) is 5.54 Å². The third kappa shape index (κ3) is 1.28. The first-order valence-electron chi connectivity index (χ1n) is 5.53. The van der Waals surface area contributed by atoms with Gasteiger partial charge in [-0.25, -0.2) is 0 Å². The Kier molecular flexibility index (Phi) is 2.16. The molecule has 2 fully saturated rings. The van der Waals surface area contributed by atoms with Gasteiger partial charge >= 0.3 is 0 Å². The summed E-state index contributed by atoms with van der Waals surface area (Å²) in [5.41, 5.74) is 6.69. The first-order valence-corrected chi connectivity index (χ1v) is 5.53. The highest BCUT2D eigenvalue weighted by Gasteiger charge is 2.43. The van der Waals surface area contributed by atoms with Gasteiger partial charge in [-0.1, -0.05) is 19.8 Å². The van der Waals surface area contributed by atoms with Gasteiger partial charge < -0.3 is 5.73 Å². The molecule has 12 heavy (non-hydrogen) atoms. The Morgan fingerprint density at radius 2 is 2.08 bits per heavy atom. The Morgan fingerprint density at radius 3 is 2.50 bits per heavy atom. The van der Waals surface area contributed by atoms with E-state index < -0.39 is 0 Å². The highest BCUT2D eigenvalue weighted by Crippen LogP contribution is 2.46. The van der Waals surface area contributed by atoms with Crippen LogP contribution in [0.25, 0.3) is 0 Å². The fraction of sp³-hybridized carbons (Fsp3) is 1.00. The summed E-state index contributed by atoms with van der Waals surface area (Å²) < 4.78 is 0. The second-order valence-electron chi connectivity index (χ2n) is 4.88. The van der Waals surface area contributed by atoms with Gasteiger partial charge in [-0.05, 0) is 43.9 Å². The summed E-state index contributed by atoms with van der Waals surface area (Å²) in [6, 6.07) is 0. The quantitative estimate of drug-likeness (QED) is 0.672. The molecule has 0 aromatic heterocycles. The molecule has 70 valence electrons. The van der Waals surface area contributed by atoms with Crippen molar-refractivity contribution < 1.29 is 0 Å². The maximum Gasteiger partial charge on any atom is 0.0185 e. The second-order valence-corrected chi connectivity index (χ2v) is 4.88. The number of rotatable bonds is 2. The van der Waals surface area contributed by atoms with Crippen molar-refractivity contribution in [3.8, 4) is 0 Å². The molecule has 0 aromatic carbocycles. The molecule has 0 amide bonds. The minimum Gasteiger partial charge on any atom is -0.325 e. The van der Waals surface area contributed by atoms with Crippen LogP contribution in [0.5, 0.6) is 0 Å². The van der Waals surface area contributed by atoms with Gasteiger partial charge in [-0.3, -0.25) is 0 Å². The van der Waals surface area contributed by atoms with Crippen LogP contribution in [0.2, 0.25) is 0 Å². The molecule has 0 spiro atoms. The molecule has 0 radical (unpaired) electrons. The fourth-order valence-electron chi connectivity index (χ4n) is 2.92. The Morgan fingerprint density at radius 1 is 1.33 bits per heavy atom. The SMILES string of the molecule is CCC1CCC(N)(C2CCC2)C1. The average molecular weight is 167 g/mol. The predicted octanol–water partition coefficient (Wildman–Crippen LogP) is 2.69. The molecule has 2 N–H and O–H groups in total. The summed E-state index contributed by atoms with van der Waals surface area (Å²) in [5, 5.41) is 0. The molecule has 0 saturated heterocycles. The molecule has 0 aromatic rings. The minimum atomic E-state index is 0.263. The second kappa shape index (κ2) is 3.02. The van der Waals surface area contributed by atoms with E-state index in [2.05, 4.69) is 6.92 Å². The molecule has 0 bridgehead atoms. The molecular formula is C11H21N. The van der Waals surface area contributed by atoms with Crippen LogP contribution in [0, 0.1) is 11.8 Å². The molecular weight excluding hydrogens is 146 g/mol. The van der Waals surface area contributed by atoms with E-state index in [1.807, 2.05) is 0 Å². The number of nitrogens with two attached hydrogens (primary N) is 1. The zero-order valence-corrected chi connectivity index (χ0v) is 8.18. The van der Waals surface area contributed by atoms with Crippen LogP contribution in [-0.4, -0.2) is 5.54 Å². The van der Waals surface area contributed by atoms with Crippen LogP contribution in [0.1, 0.15) is 51.9 Å². The Balaban J connectivity index is 1.94. The number of hydrogen-bond acceptors (Lipinski definition) is 1. The van der Waals surface area contributed by atoms with Crippen LogP contribution < -0.4 is 5.73 Å². The maximum atomic E-state index is 6.43. The molecule has 2 rings (SSSR count). The zero-order chi connectivity index (χ0) is 8.60. The van der Waals surface area contributed by atoms with Crippen LogP contribution in [0.4, 0.5) is 0 Å². The van der Waals surface area contributed by atoms with Crippen LogP contribution in [0.3, 0.4) is 0 Å². The van der Waals surface area contributed by atoms with E-state index in [0.717, 1.165) is 11.8 Å². The lowest BCUT2D eigenvalue weighted by Crippen LogP contribution is -2.47. The molecule has 1 nitrogen and oxygen atoms in total. The van der Waals surface area contributed by atoms with Crippen molar-refractivity contribution in [1.29, 1.82) is 0 Å². The van der Waals surface area contributed by atoms with E-state index >= 15 is 0 Å². The third-order valence-corrected chi connectivity index (χ3v) is 4.18. The van der Waals surface area contributed by atoms with Gasteiger partial charge in [-0.2, -0.15) is 0 Å². The van der Waals surface area contributed by atoms with Crippen molar-refractivity contribution in [2.75, 3.05) is 0 Å². The van der Waals surface area contributed by atoms with Gasteiger partial charge in [0.15, 0.2) is 0 Å². The summed E-state index contributed by atoms with van der Waals surface area (Å²) in [5.74, 6) is 1.82. The number of hydrogen-bond donors (Lipinski definition) is 1. The van der Waals surface area contributed by atoms with Crippen LogP contribution in [-0.2, 0) is 0 Å². The molecule has 0 heterocycles. The summed E-state index contributed by atoms with van der Waals surface area (Å²) in [4.78, 5) is 0. The van der Waals surface area contributed by atoms with Gasteiger partial charge in [0.1, 0.15) is 0 Å². The van der Waals surface area contributed by atoms with Crippen molar-refractivity contribution in [2.24, 2.45) is 17.6 Å². The van der Waals surface area contributed by atoms with Crippen LogP contribution >= 0.6 is 0 Å². The smallest absolute Gasteiger partial charge is 0.0185 e. The summed E-state index contributed by atoms with van der Waals surface area (Å²) in [7, 11) is 0. The van der Waals surface area contributed by atoms with Gasteiger partial charge in [0.05, 0.1) is 0 Å². The lowest BCUT2D eigenvalue weighted by Gasteiger charge is -2.40.